The maximum absolute atomic E-state index is 13.9. The third-order valence-corrected chi connectivity index (χ3v) is 10.6. The molecule has 3 saturated heterocycles. The fourth-order valence-corrected chi connectivity index (χ4v) is 7.71. The van der Waals surface area contributed by atoms with Crippen LogP contribution in [0.25, 0.3) is 11.1 Å². The Morgan fingerprint density at radius 1 is 1.00 bits per heavy atom. The number of ether oxygens (including phenoxy) is 1. The van der Waals surface area contributed by atoms with Crippen LogP contribution in [0.3, 0.4) is 0 Å². The van der Waals surface area contributed by atoms with Crippen LogP contribution in [-0.2, 0) is 16.1 Å². The lowest BCUT2D eigenvalue weighted by Crippen LogP contribution is -2.50. The smallest absolute Gasteiger partial charge is 0.251 e. The summed E-state index contributed by atoms with van der Waals surface area (Å²) in [4.78, 5) is 31.7. The summed E-state index contributed by atoms with van der Waals surface area (Å²) < 4.78 is 5.69. The molecule has 0 spiro atoms. The zero-order valence-corrected chi connectivity index (χ0v) is 28.4. The van der Waals surface area contributed by atoms with Crippen molar-refractivity contribution < 1.29 is 14.3 Å². The minimum atomic E-state index is -0.216. The Balaban J connectivity index is 1.40. The van der Waals surface area contributed by atoms with E-state index in [4.69, 9.17) is 4.74 Å². The monoisotopic (exact) mass is 616 g/mol. The first-order valence-corrected chi connectivity index (χ1v) is 17.6. The van der Waals surface area contributed by atoms with Gasteiger partial charge in [0.1, 0.15) is 0 Å². The van der Waals surface area contributed by atoms with E-state index in [9.17, 15) is 9.59 Å². The zero-order chi connectivity index (χ0) is 31.9. The second kappa shape index (κ2) is 15.6. The summed E-state index contributed by atoms with van der Waals surface area (Å²) in [6.07, 6.45) is 8.14. The number of carbonyl (C=O) groups is 2. The number of nitrogens with zero attached hydrogens (tertiary/aromatic N) is 2. The fourth-order valence-electron chi connectivity index (χ4n) is 7.71. The van der Waals surface area contributed by atoms with Gasteiger partial charge in [-0.25, -0.2) is 0 Å². The van der Waals surface area contributed by atoms with Crippen molar-refractivity contribution in [2.45, 2.75) is 98.2 Å². The van der Waals surface area contributed by atoms with E-state index in [0.29, 0.717) is 18.2 Å². The van der Waals surface area contributed by atoms with Crippen LogP contribution in [0.1, 0.15) is 94.1 Å². The van der Waals surface area contributed by atoms with Gasteiger partial charge in [0, 0.05) is 56.2 Å². The highest BCUT2D eigenvalue weighted by Crippen LogP contribution is 2.34. The number of hydrogen-bond donors (Lipinski definition) is 2. The molecule has 2 amide bonds. The van der Waals surface area contributed by atoms with E-state index in [-0.39, 0.29) is 29.7 Å². The quantitative estimate of drug-likeness (QED) is 0.334. The van der Waals surface area contributed by atoms with Crippen LogP contribution in [0.5, 0.6) is 0 Å². The number of piperidine rings is 1. The number of rotatable bonds is 9. The van der Waals surface area contributed by atoms with Crippen molar-refractivity contribution in [1.29, 1.82) is 0 Å². The molecule has 0 aliphatic carbocycles. The van der Waals surface area contributed by atoms with E-state index in [0.717, 1.165) is 73.9 Å². The number of amides is 2. The van der Waals surface area contributed by atoms with Crippen LogP contribution in [0.15, 0.2) is 36.4 Å². The van der Waals surface area contributed by atoms with Crippen LogP contribution in [0.4, 0.5) is 5.69 Å². The highest BCUT2D eigenvalue weighted by Gasteiger charge is 2.33. The Bertz CT molecular complexity index is 1290. The Labute approximate surface area is 271 Å². The molecule has 3 aliphatic rings. The molecule has 7 nitrogen and oxygen atoms in total. The van der Waals surface area contributed by atoms with Gasteiger partial charge < -0.3 is 20.3 Å². The Hall–Kier alpha value is -2.90. The average molecular weight is 617 g/mol. The summed E-state index contributed by atoms with van der Waals surface area (Å²) in [5.41, 5.74) is 6.29. The third-order valence-electron chi connectivity index (χ3n) is 10.6. The minimum Gasteiger partial charge on any atom is -0.381 e. The summed E-state index contributed by atoms with van der Waals surface area (Å²) in [6.45, 7) is 16.9. The number of likely N-dealkylation sites (tertiary alicyclic amines) is 1. The van der Waals surface area contributed by atoms with Gasteiger partial charge in [0.15, 0.2) is 0 Å². The molecule has 0 radical (unpaired) electrons. The molecule has 45 heavy (non-hydrogen) atoms. The van der Waals surface area contributed by atoms with Gasteiger partial charge in [0.05, 0.1) is 5.92 Å². The van der Waals surface area contributed by atoms with Gasteiger partial charge in [-0.2, -0.15) is 0 Å². The van der Waals surface area contributed by atoms with Crippen LogP contribution in [-0.4, -0.2) is 68.2 Å². The Morgan fingerprint density at radius 2 is 1.76 bits per heavy atom. The lowest BCUT2D eigenvalue weighted by atomic mass is 9.84. The normalized spacial score (nSPS) is 25.2. The van der Waals surface area contributed by atoms with Crippen molar-refractivity contribution in [2.24, 2.45) is 17.8 Å². The molecule has 0 bridgehead atoms. The van der Waals surface area contributed by atoms with Crippen LogP contribution < -0.4 is 15.5 Å². The first-order chi connectivity index (χ1) is 21.7. The fraction of sp³-hybridized carbons (Fsp3) is 0.632. The Kier molecular flexibility index (Phi) is 11.6. The SMILES string of the molecule is CCN(c1cc(-c2ccc(CN3CCCCC(C)CC3)cc2)cc(C(=O)NCC2C(=O)NC(C)CC2C)c1C)C1CCOCC1. The van der Waals surface area contributed by atoms with E-state index in [1.807, 2.05) is 13.0 Å². The molecule has 3 aliphatic heterocycles. The minimum absolute atomic E-state index is 0.0368. The molecule has 2 N–H and O–H groups in total. The van der Waals surface area contributed by atoms with Gasteiger partial charge in [-0.1, -0.05) is 51.0 Å². The molecule has 5 rings (SSSR count). The van der Waals surface area contributed by atoms with Gasteiger partial charge in [-0.05, 0) is 112 Å². The van der Waals surface area contributed by atoms with Crippen molar-refractivity contribution in [3.8, 4) is 11.1 Å². The maximum Gasteiger partial charge on any atom is 0.251 e. The van der Waals surface area contributed by atoms with Gasteiger partial charge in [-0.3, -0.25) is 14.5 Å². The molecule has 246 valence electrons. The van der Waals surface area contributed by atoms with Gasteiger partial charge >= 0.3 is 0 Å². The molecular formula is C38H56N4O3. The van der Waals surface area contributed by atoms with Crippen molar-refractivity contribution in [2.75, 3.05) is 44.3 Å². The van der Waals surface area contributed by atoms with Gasteiger partial charge in [-0.15, -0.1) is 0 Å². The summed E-state index contributed by atoms with van der Waals surface area (Å²) in [5, 5.41) is 6.21. The first-order valence-electron chi connectivity index (χ1n) is 17.6. The van der Waals surface area contributed by atoms with Crippen molar-refractivity contribution in [3.63, 3.8) is 0 Å². The van der Waals surface area contributed by atoms with Crippen molar-refractivity contribution in [1.82, 2.24) is 15.5 Å². The summed E-state index contributed by atoms with van der Waals surface area (Å²) >= 11 is 0. The predicted molar refractivity (Wildman–Crippen MR) is 184 cm³/mol. The molecule has 2 aromatic carbocycles. The molecule has 3 heterocycles. The lowest BCUT2D eigenvalue weighted by molar-refractivity contribution is -0.129. The van der Waals surface area contributed by atoms with Crippen LogP contribution in [0.2, 0.25) is 0 Å². The topological polar surface area (TPSA) is 73.9 Å². The first kappa shape index (κ1) is 33.5. The van der Waals surface area contributed by atoms with E-state index in [1.54, 1.807) is 0 Å². The van der Waals surface area contributed by atoms with E-state index in [1.165, 1.54) is 44.3 Å². The summed E-state index contributed by atoms with van der Waals surface area (Å²) in [6, 6.07) is 13.8. The average Bonchev–Trinajstić information content (AvgIpc) is 3.02. The molecular weight excluding hydrogens is 560 g/mol. The second-order valence-electron chi connectivity index (χ2n) is 14.1. The molecule has 4 atom stereocenters. The highest BCUT2D eigenvalue weighted by molar-refractivity contribution is 5.99. The highest BCUT2D eigenvalue weighted by atomic mass is 16.5. The molecule has 4 unspecified atom stereocenters. The Morgan fingerprint density at radius 3 is 2.47 bits per heavy atom. The standard InChI is InChI=1S/C38H56N4O3/c1-6-42(33-15-19-45-20-16-33)36-23-32(31-12-10-30(11-13-31)25-41-17-8-7-9-26(2)14-18-41)22-34(29(36)5)37(43)39-24-35-27(3)21-28(4)40-38(35)44/h10-13,22-23,26-28,33,35H,6-9,14-21,24-25H2,1-5H3,(H,39,43)(H,40,44). The number of carbonyl (C=O) groups excluding carboxylic acids is 2. The number of hydrogen-bond acceptors (Lipinski definition) is 5. The van der Waals surface area contributed by atoms with E-state index < -0.39 is 0 Å². The molecule has 2 aromatic rings. The number of anilines is 1. The number of nitrogens with one attached hydrogen (secondary N) is 2. The van der Waals surface area contributed by atoms with Gasteiger partial charge in [0.25, 0.3) is 5.91 Å². The lowest BCUT2D eigenvalue weighted by Gasteiger charge is -2.37. The molecule has 0 saturated carbocycles. The summed E-state index contributed by atoms with van der Waals surface area (Å²) in [7, 11) is 0. The molecule has 0 aromatic heterocycles. The van der Waals surface area contributed by atoms with Crippen molar-refractivity contribution in [3.05, 3.63) is 53.1 Å². The number of benzene rings is 2. The summed E-state index contributed by atoms with van der Waals surface area (Å²) in [5.74, 6) is 0.747. The molecule has 3 fully saturated rings. The second-order valence-corrected chi connectivity index (χ2v) is 14.1. The predicted octanol–water partition coefficient (Wildman–Crippen LogP) is 6.57. The van der Waals surface area contributed by atoms with Crippen LogP contribution in [0, 0.1) is 24.7 Å². The third kappa shape index (κ3) is 8.48. The van der Waals surface area contributed by atoms with Crippen molar-refractivity contribution >= 4 is 17.5 Å². The van der Waals surface area contributed by atoms with E-state index in [2.05, 4.69) is 78.5 Å². The van der Waals surface area contributed by atoms with E-state index >= 15 is 0 Å². The van der Waals surface area contributed by atoms with Gasteiger partial charge in [0.2, 0.25) is 5.91 Å². The largest absolute Gasteiger partial charge is 0.381 e. The maximum atomic E-state index is 13.9. The zero-order valence-electron chi connectivity index (χ0n) is 28.4. The molecule has 7 heteroatoms. The van der Waals surface area contributed by atoms with Crippen LogP contribution >= 0.6 is 0 Å².